The number of piperidine rings is 1. The number of carbonyl (C=O) groups is 1. The van der Waals surface area contributed by atoms with Crippen LogP contribution in [0.25, 0.3) is 0 Å². The van der Waals surface area contributed by atoms with Crippen molar-refractivity contribution in [1.29, 1.82) is 0 Å². The maximum Gasteiger partial charge on any atom is 0.277 e. The molecular weight excluding hydrogens is 352 g/mol. The number of nitrogens with one attached hydrogen (secondary N) is 1. The molecule has 1 aliphatic rings. The van der Waals surface area contributed by atoms with Crippen LogP contribution in [0, 0.1) is 12.8 Å². The zero-order chi connectivity index (χ0) is 18.7. The quantitative estimate of drug-likeness (QED) is 0.779. The Balaban J connectivity index is 1.92. The number of amides is 1. The molecule has 0 radical (unpaired) electrons. The van der Waals surface area contributed by atoms with Crippen LogP contribution < -0.4 is 11.1 Å². The fourth-order valence-electron chi connectivity index (χ4n) is 2.65. The first kappa shape index (κ1) is 19.7. The molecule has 9 heteroatoms. The number of hydrogen-bond acceptors (Lipinski definition) is 4. The summed E-state index contributed by atoms with van der Waals surface area (Å²) in [5.74, 6) is -4.09. The van der Waals surface area contributed by atoms with E-state index in [4.69, 9.17) is 5.73 Å². The Morgan fingerprint density at radius 1 is 1.28 bits per heavy atom. The second-order valence-corrected chi connectivity index (χ2v) is 8.21. The van der Waals surface area contributed by atoms with Crippen LogP contribution in [0.15, 0.2) is 29.2 Å². The Bertz CT molecular complexity index is 700. The van der Waals surface area contributed by atoms with E-state index in [2.05, 4.69) is 5.32 Å². The van der Waals surface area contributed by atoms with Gasteiger partial charge in [0.1, 0.15) is 0 Å². The van der Waals surface area contributed by atoms with Gasteiger partial charge in [-0.3, -0.25) is 4.79 Å². The van der Waals surface area contributed by atoms with Gasteiger partial charge in [0.05, 0.1) is 18.0 Å². The van der Waals surface area contributed by atoms with Crippen molar-refractivity contribution < 1.29 is 22.0 Å². The van der Waals surface area contributed by atoms with Gasteiger partial charge in [-0.25, -0.2) is 17.2 Å². The van der Waals surface area contributed by atoms with E-state index in [1.54, 1.807) is 24.3 Å². The molecule has 1 aromatic rings. The first-order valence-corrected chi connectivity index (χ1v) is 9.52. The number of aryl methyl sites for hydroxylation is 1. The summed E-state index contributed by atoms with van der Waals surface area (Å²) in [4.78, 5) is 12.2. The van der Waals surface area contributed by atoms with Gasteiger partial charge >= 0.3 is 0 Å². The molecule has 0 saturated carbocycles. The minimum atomic E-state index is -3.60. The Hall–Kier alpha value is -1.58. The molecule has 1 aromatic carbocycles. The lowest BCUT2D eigenvalue weighted by Gasteiger charge is -2.30. The van der Waals surface area contributed by atoms with Crippen molar-refractivity contribution in [3.63, 3.8) is 0 Å². The van der Waals surface area contributed by atoms with Gasteiger partial charge in [-0.05, 0) is 31.9 Å². The number of benzene rings is 1. The van der Waals surface area contributed by atoms with Crippen molar-refractivity contribution in [2.45, 2.75) is 30.6 Å². The molecule has 1 fully saturated rings. The summed E-state index contributed by atoms with van der Waals surface area (Å²) in [6.45, 7) is 0.600. The molecule has 0 aromatic heterocycles. The topological polar surface area (TPSA) is 92.5 Å². The standard InChI is InChI=1S/C16H23F2N3O3S/c1-12-2-4-14(5-3-12)25(23,24)21-8-6-13(7-9-21)15(22)20-11-16(17,18)10-19/h2-5,13H,6-11,19H2,1H3,(H,20,22). The number of hydrogen-bond donors (Lipinski definition) is 2. The van der Waals surface area contributed by atoms with Crippen molar-refractivity contribution >= 4 is 15.9 Å². The Labute approximate surface area is 146 Å². The second kappa shape index (κ2) is 7.76. The smallest absolute Gasteiger partial charge is 0.277 e. The highest BCUT2D eigenvalue weighted by Crippen LogP contribution is 2.24. The van der Waals surface area contributed by atoms with Crippen LogP contribution in [0.1, 0.15) is 18.4 Å². The maximum atomic E-state index is 13.1. The minimum absolute atomic E-state index is 0.182. The number of halogens is 2. The highest BCUT2D eigenvalue weighted by atomic mass is 32.2. The summed E-state index contributed by atoms with van der Waals surface area (Å²) in [5, 5.41) is 2.20. The average molecular weight is 375 g/mol. The predicted octanol–water partition coefficient (Wildman–Crippen LogP) is 1.11. The van der Waals surface area contributed by atoms with E-state index in [0.29, 0.717) is 12.8 Å². The van der Waals surface area contributed by atoms with Crippen LogP contribution in [0.2, 0.25) is 0 Å². The van der Waals surface area contributed by atoms with Crippen LogP contribution in [-0.2, 0) is 14.8 Å². The van der Waals surface area contributed by atoms with Crippen LogP contribution in [0.4, 0.5) is 8.78 Å². The van der Waals surface area contributed by atoms with Crippen molar-refractivity contribution in [3.05, 3.63) is 29.8 Å². The summed E-state index contributed by atoms with van der Waals surface area (Å²) in [6.07, 6.45) is 0.593. The average Bonchev–Trinajstić information content (AvgIpc) is 2.60. The van der Waals surface area contributed by atoms with E-state index < -0.39 is 40.9 Å². The van der Waals surface area contributed by atoms with E-state index in [0.717, 1.165) is 5.56 Å². The number of nitrogens with zero attached hydrogens (tertiary/aromatic N) is 1. The Morgan fingerprint density at radius 2 is 1.84 bits per heavy atom. The lowest BCUT2D eigenvalue weighted by Crippen LogP contribution is -2.46. The summed E-state index contributed by atoms with van der Waals surface area (Å²) in [7, 11) is -3.60. The first-order chi connectivity index (χ1) is 11.7. The van der Waals surface area contributed by atoms with Gasteiger partial charge in [-0.2, -0.15) is 4.31 Å². The highest BCUT2D eigenvalue weighted by molar-refractivity contribution is 7.89. The molecule has 1 heterocycles. The molecule has 2 rings (SSSR count). The summed E-state index contributed by atoms with van der Waals surface area (Å²) < 4.78 is 52.7. The molecule has 140 valence electrons. The largest absolute Gasteiger partial charge is 0.350 e. The molecule has 25 heavy (non-hydrogen) atoms. The lowest BCUT2D eigenvalue weighted by atomic mass is 9.97. The molecule has 1 aliphatic heterocycles. The molecule has 0 unspecified atom stereocenters. The molecule has 0 bridgehead atoms. The van der Waals surface area contributed by atoms with E-state index in [9.17, 15) is 22.0 Å². The molecule has 0 atom stereocenters. The predicted molar refractivity (Wildman–Crippen MR) is 89.7 cm³/mol. The van der Waals surface area contributed by atoms with Crippen molar-refractivity contribution in [1.82, 2.24) is 9.62 Å². The third-order valence-electron chi connectivity index (χ3n) is 4.30. The number of rotatable bonds is 6. The third kappa shape index (κ3) is 4.96. The van der Waals surface area contributed by atoms with Gasteiger partial charge in [0.15, 0.2) is 0 Å². The molecule has 1 saturated heterocycles. The van der Waals surface area contributed by atoms with E-state index in [-0.39, 0.29) is 18.0 Å². The first-order valence-electron chi connectivity index (χ1n) is 8.08. The van der Waals surface area contributed by atoms with E-state index in [1.165, 1.54) is 4.31 Å². The highest BCUT2D eigenvalue weighted by Gasteiger charge is 2.33. The Kier molecular flexibility index (Phi) is 6.12. The van der Waals surface area contributed by atoms with Crippen LogP contribution in [0.5, 0.6) is 0 Å². The normalized spacial score (nSPS) is 17.4. The van der Waals surface area contributed by atoms with E-state index in [1.807, 2.05) is 6.92 Å². The SMILES string of the molecule is Cc1ccc(S(=O)(=O)N2CCC(C(=O)NCC(F)(F)CN)CC2)cc1. The lowest BCUT2D eigenvalue weighted by molar-refractivity contribution is -0.127. The molecule has 6 nitrogen and oxygen atoms in total. The molecule has 0 aliphatic carbocycles. The molecular formula is C16H23F2N3O3S. The summed E-state index contributed by atoms with van der Waals surface area (Å²) in [5.41, 5.74) is 5.89. The molecule has 1 amide bonds. The van der Waals surface area contributed by atoms with Crippen LogP contribution in [0.3, 0.4) is 0 Å². The maximum absolute atomic E-state index is 13.1. The van der Waals surface area contributed by atoms with Crippen molar-refractivity contribution in [2.24, 2.45) is 11.7 Å². The van der Waals surface area contributed by atoms with Gasteiger partial charge in [-0.15, -0.1) is 0 Å². The zero-order valence-electron chi connectivity index (χ0n) is 14.0. The molecule has 3 N–H and O–H groups in total. The van der Waals surface area contributed by atoms with Gasteiger partial charge in [0.2, 0.25) is 15.9 Å². The van der Waals surface area contributed by atoms with Crippen molar-refractivity contribution in [2.75, 3.05) is 26.2 Å². The monoisotopic (exact) mass is 375 g/mol. The number of sulfonamides is 1. The fourth-order valence-corrected chi connectivity index (χ4v) is 4.12. The summed E-state index contributed by atoms with van der Waals surface area (Å²) >= 11 is 0. The minimum Gasteiger partial charge on any atom is -0.350 e. The third-order valence-corrected chi connectivity index (χ3v) is 6.22. The van der Waals surface area contributed by atoms with Crippen molar-refractivity contribution in [3.8, 4) is 0 Å². The van der Waals surface area contributed by atoms with E-state index >= 15 is 0 Å². The van der Waals surface area contributed by atoms with Gasteiger partial charge in [0.25, 0.3) is 5.92 Å². The van der Waals surface area contributed by atoms with Gasteiger partial charge in [0, 0.05) is 19.0 Å². The zero-order valence-corrected chi connectivity index (χ0v) is 14.9. The van der Waals surface area contributed by atoms with Crippen LogP contribution >= 0.6 is 0 Å². The fraction of sp³-hybridized carbons (Fsp3) is 0.562. The molecule has 0 spiro atoms. The Morgan fingerprint density at radius 3 is 2.36 bits per heavy atom. The number of carbonyl (C=O) groups excluding carboxylic acids is 1. The van der Waals surface area contributed by atoms with Gasteiger partial charge < -0.3 is 11.1 Å². The van der Waals surface area contributed by atoms with Crippen LogP contribution in [-0.4, -0.2) is 50.7 Å². The summed E-state index contributed by atoms with van der Waals surface area (Å²) in [6, 6.07) is 6.56. The second-order valence-electron chi connectivity index (χ2n) is 6.27. The number of alkyl halides is 2. The number of nitrogens with two attached hydrogens (primary N) is 1. The van der Waals surface area contributed by atoms with Gasteiger partial charge in [-0.1, -0.05) is 17.7 Å².